The molecule has 1 aromatic heterocycles. The number of rotatable bonds is 4. The first kappa shape index (κ1) is 15.2. The first-order valence-electron chi connectivity index (χ1n) is 7.05. The minimum Gasteiger partial charge on any atom is -0.349 e. The second kappa shape index (κ2) is 6.62. The van der Waals surface area contributed by atoms with Gasteiger partial charge in [-0.05, 0) is 17.2 Å². The summed E-state index contributed by atoms with van der Waals surface area (Å²) in [5.41, 5.74) is 2.73. The number of guanidine groups is 1. The van der Waals surface area contributed by atoms with E-state index in [9.17, 15) is 10.1 Å². The Labute approximate surface area is 137 Å². The number of nitrogens with one attached hydrogen (secondary N) is 1. The first-order chi connectivity index (χ1) is 11.1. The third kappa shape index (κ3) is 3.57. The van der Waals surface area contributed by atoms with Gasteiger partial charge in [0.25, 0.3) is 5.96 Å². The second-order valence-corrected chi connectivity index (χ2v) is 5.42. The molecule has 1 aliphatic heterocycles. The topological polar surface area (TPSA) is 83.7 Å². The maximum absolute atomic E-state index is 10.6. The number of benzene rings is 1. The molecule has 0 aliphatic carbocycles. The Balaban J connectivity index is 1.86. The van der Waals surface area contributed by atoms with Crippen LogP contribution in [-0.2, 0) is 6.54 Å². The highest BCUT2D eigenvalue weighted by Gasteiger charge is 2.22. The molecule has 3 rings (SSSR count). The van der Waals surface area contributed by atoms with Gasteiger partial charge in [0.05, 0.1) is 0 Å². The number of pyridine rings is 1. The van der Waals surface area contributed by atoms with Gasteiger partial charge in [0.1, 0.15) is 10.3 Å². The Morgan fingerprint density at radius 2 is 2.17 bits per heavy atom. The number of halogens is 1. The Morgan fingerprint density at radius 1 is 1.39 bits per heavy atom. The molecule has 1 saturated heterocycles. The van der Waals surface area contributed by atoms with Gasteiger partial charge >= 0.3 is 0 Å². The zero-order valence-electron chi connectivity index (χ0n) is 12.1. The van der Waals surface area contributed by atoms with Crippen molar-refractivity contribution in [2.24, 2.45) is 5.10 Å². The molecule has 2 aromatic rings. The highest BCUT2D eigenvalue weighted by atomic mass is 35.5. The molecule has 23 heavy (non-hydrogen) atoms. The van der Waals surface area contributed by atoms with Gasteiger partial charge in [0.15, 0.2) is 5.03 Å². The summed E-state index contributed by atoms with van der Waals surface area (Å²) in [6.07, 6.45) is 1.68. The standard InChI is InChI=1S/C15H14ClN5O2/c16-14-13(12-4-2-1-3-5-12)8-11(9-18-14)10-20-7-6-17-15(20)19-21(22)23/h1-5,8-9H,6-7,10H2,(H,17,19). The average Bonchev–Trinajstić information content (AvgIpc) is 2.96. The van der Waals surface area contributed by atoms with Gasteiger partial charge < -0.3 is 10.2 Å². The van der Waals surface area contributed by atoms with Gasteiger partial charge in [0, 0.05) is 31.4 Å². The molecule has 1 fully saturated rings. The maximum atomic E-state index is 10.6. The number of hydrogen-bond donors (Lipinski definition) is 1. The third-order valence-corrected chi connectivity index (χ3v) is 3.80. The fourth-order valence-electron chi connectivity index (χ4n) is 2.47. The van der Waals surface area contributed by atoms with E-state index in [2.05, 4.69) is 15.4 Å². The van der Waals surface area contributed by atoms with E-state index in [1.54, 1.807) is 6.20 Å². The van der Waals surface area contributed by atoms with Crippen molar-refractivity contribution < 1.29 is 5.03 Å². The van der Waals surface area contributed by atoms with Crippen LogP contribution < -0.4 is 5.32 Å². The molecule has 2 heterocycles. The van der Waals surface area contributed by atoms with Gasteiger partial charge in [-0.25, -0.2) is 15.1 Å². The lowest BCUT2D eigenvalue weighted by Gasteiger charge is -2.16. The molecule has 118 valence electrons. The van der Waals surface area contributed by atoms with E-state index in [0.717, 1.165) is 16.7 Å². The van der Waals surface area contributed by atoms with E-state index in [4.69, 9.17) is 11.6 Å². The number of hydrogen-bond acceptors (Lipinski definition) is 3. The van der Waals surface area contributed by atoms with Crippen LogP contribution in [0.2, 0.25) is 5.15 Å². The molecular weight excluding hydrogens is 318 g/mol. The minimum atomic E-state index is -0.698. The minimum absolute atomic E-state index is 0.270. The Bertz CT molecular complexity index is 751. The predicted molar refractivity (Wildman–Crippen MR) is 87.5 cm³/mol. The van der Waals surface area contributed by atoms with E-state index in [1.165, 1.54) is 0 Å². The molecule has 0 spiro atoms. The van der Waals surface area contributed by atoms with Gasteiger partial charge in [-0.3, -0.25) is 0 Å². The molecule has 0 amide bonds. The molecule has 1 aromatic carbocycles. The molecule has 0 unspecified atom stereocenters. The summed E-state index contributed by atoms with van der Waals surface area (Å²) >= 11 is 6.19. The van der Waals surface area contributed by atoms with Crippen molar-refractivity contribution in [3.8, 4) is 11.1 Å². The third-order valence-electron chi connectivity index (χ3n) is 3.49. The van der Waals surface area contributed by atoms with Gasteiger partial charge in [0.2, 0.25) is 0 Å². The Morgan fingerprint density at radius 3 is 2.91 bits per heavy atom. The number of nitro groups is 1. The number of nitrogens with zero attached hydrogens (tertiary/aromatic N) is 4. The zero-order chi connectivity index (χ0) is 16.2. The average molecular weight is 332 g/mol. The lowest BCUT2D eigenvalue weighted by atomic mass is 10.1. The van der Waals surface area contributed by atoms with Crippen molar-refractivity contribution in [3.05, 3.63) is 63.4 Å². The van der Waals surface area contributed by atoms with Gasteiger partial charge in [-0.1, -0.05) is 41.9 Å². The quantitative estimate of drug-likeness (QED) is 0.528. The van der Waals surface area contributed by atoms with Gasteiger partial charge in [-0.15, -0.1) is 0 Å². The molecule has 0 saturated carbocycles. The molecule has 1 N–H and O–H groups in total. The van der Waals surface area contributed by atoms with E-state index >= 15 is 0 Å². The summed E-state index contributed by atoms with van der Waals surface area (Å²) in [6.45, 7) is 1.75. The van der Waals surface area contributed by atoms with Crippen molar-refractivity contribution in [3.63, 3.8) is 0 Å². The van der Waals surface area contributed by atoms with Crippen molar-refractivity contribution in [1.82, 2.24) is 15.2 Å². The maximum Gasteiger partial charge on any atom is 0.271 e. The van der Waals surface area contributed by atoms with Crippen LogP contribution in [0.5, 0.6) is 0 Å². The van der Waals surface area contributed by atoms with Crippen LogP contribution >= 0.6 is 11.6 Å². The molecular formula is C15H14ClN5O2. The molecule has 0 atom stereocenters. The van der Waals surface area contributed by atoms with Crippen LogP contribution in [0.15, 0.2) is 47.7 Å². The predicted octanol–water partition coefficient (Wildman–Crippen LogP) is 2.35. The first-order valence-corrected chi connectivity index (χ1v) is 7.43. The van der Waals surface area contributed by atoms with Crippen LogP contribution in [0, 0.1) is 10.1 Å². The normalized spacial score (nSPS) is 15.7. The van der Waals surface area contributed by atoms with Crippen LogP contribution in [0.1, 0.15) is 5.56 Å². The van der Waals surface area contributed by atoms with E-state index in [-0.39, 0.29) is 5.96 Å². The Kier molecular flexibility index (Phi) is 4.38. The Hall–Kier alpha value is -2.67. The zero-order valence-corrected chi connectivity index (χ0v) is 12.9. The largest absolute Gasteiger partial charge is 0.349 e. The molecule has 1 aliphatic rings. The fourth-order valence-corrected chi connectivity index (χ4v) is 2.68. The lowest BCUT2D eigenvalue weighted by molar-refractivity contribution is -0.485. The second-order valence-electron chi connectivity index (χ2n) is 5.06. The van der Waals surface area contributed by atoms with Crippen molar-refractivity contribution in [2.75, 3.05) is 13.1 Å². The highest BCUT2D eigenvalue weighted by Crippen LogP contribution is 2.27. The molecule has 8 heteroatoms. The monoisotopic (exact) mass is 331 g/mol. The van der Waals surface area contributed by atoms with Crippen LogP contribution in [0.25, 0.3) is 11.1 Å². The lowest BCUT2D eigenvalue weighted by Crippen LogP contribution is -2.30. The number of hydrazone groups is 1. The SMILES string of the molecule is O=[N+]([O-])/N=C1\NCCN1Cc1cnc(Cl)c(-c2ccccc2)c1. The van der Waals surface area contributed by atoms with Crippen LogP contribution in [0.4, 0.5) is 0 Å². The number of aromatic nitrogens is 1. The van der Waals surface area contributed by atoms with E-state index in [1.807, 2.05) is 41.3 Å². The summed E-state index contributed by atoms with van der Waals surface area (Å²) in [6, 6.07) is 11.7. The van der Waals surface area contributed by atoms with Crippen LogP contribution in [-0.4, -0.2) is 34.0 Å². The van der Waals surface area contributed by atoms with Crippen molar-refractivity contribution in [2.45, 2.75) is 6.54 Å². The van der Waals surface area contributed by atoms with Crippen LogP contribution in [0.3, 0.4) is 0 Å². The fraction of sp³-hybridized carbons (Fsp3) is 0.200. The summed E-state index contributed by atoms with van der Waals surface area (Å²) in [4.78, 5) is 16.6. The van der Waals surface area contributed by atoms with Crippen molar-refractivity contribution in [1.29, 1.82) is 0 Å². The van der Waals surface area contributed by atoms with E-state index < -0.39 is 5.03 Å². The smallest absolute Gasteiger partial charge is 0.271 e. The van der Waals surface area contributed by atoms with E-state index in [0.29, 0.717) is 24.8 Å². The van der Waals surface area contributed by atoms with Gasteiger partial charge in [-0.2, -0.15) is 0 Å². The molecule has 7 nitrogen and oxygen atoms in total. The summed E-state index contributed by atoms with van der Waals surface area (Å²) < 4.78 is 0. The summed E-state index contributed by atoms with van der Waals surface area (Å²) in [5.74, 6) is 0.270. The highest BCUT2D eigenvalue weighted by molar-refractivity contribution is 6.32. The molecule has 0 bridgehead atoms. The molecule has 0 radical (unpaired) electrons. The van der Waals surface area contributed by atoms with Crippen molar-refractivity contribution >= 4 is 17.6 Å². The summed E-state index contributed by atoms with van der Waals surface area (Å²) in [5, 5.41) is 16.6. The summed E-state index contributed by atoms with van der Waals surface area (Å²) in [7, 11) is 0.